The quantitative estimate of drug-likeness (QED) is 0.602. The molecule has 142 valence electrons. The summed E-state index contributed by atoms with van der Waals surface area (Å²) in [6.07, 6.45) is 0. The Morgan fingerprint density at radius 1 is 1.00 bits per heavy atom. The van der Waals surface area contributed by atoms with E-state index < -0.39 is 5.97 Å². The molecule has 8 heteroatoms. The van der Waals surface area contributed by atoms with Gasteiger partial charge in [0.2, 0.25) is 0 Å². The minimum absolute atomic E-state index is 0.0267. The number of methoxy groups -OCH3 is 3. The van der Waals surface area contributed by atoms with Gasteiger partial charge in [-0.05, 0) is 31.3 Å². The Bertz CT molecular complexity index is 882. The van der Waals surface area contributed by atoms with Gasteiger partial charge in [-0.3, -0.25) is 10.1 Å². The number of hydrogen-bond donors (Lipinski definition) is 2. The highest BCUT2D eigenvalue weighted by atomic mass is 32.1. The van der Waals surface area contributed by atoms with Crippen LogP contribution in [0.5, 0.6) is 11.5 Å². The van der Waals surface area contributed by atoms with Crippen molar-refractivity contribution in [1.29, 1.82) is 0 Å². The molecule has 0 unspecified atom stereocenters. The Balaban J connectivity index is 2.25. The Morgan fingerprint density at radius 2 is 1.67 bits per heavy atom. The molecule has 0 spiro atoms. The lowest BCUT2D eigenvalue weighted by molar-refractivity contribution is 0.0601. The summed E-state index contributed by atoms with van der Waals surface area (Å²) in [6.45, 7) is 1.89. The van der Waals surface area contributed by atoms with Gasteiger partial charge in [0.05, 0.1) is 32.6 Å². The maximum absolute atomic E-state index is 12.3. The van der Waals surface area contributed by atoms with Gasteiger partial charge in [-0.1, -0.05) is 17.7 Å². The second kappa shape index (κ2) is 9.00. The molecular weight excluding hydrogens is 368 g/mol. The molecule has 0 atom stereocenters. The molecular formula is C19H20N2O5S. The molecule has 0 bridgehead atoms. The van der Waals surface area contributed by atoms with Crippen LogP contribution in [0.3, 0.4) is 0 Å². The lowest BCUT2D eigenvalue weighted by Crippen LogP contribution is -2.34. The first-order valence-corrected chi connectivity index (χ1v) is 8.33. The van der Waals surface area contributed by atoms with Crippen LogP contribution in [0.1, 0.15) is 26.3 Å². The van der Waals surface area contributed by atoms with E-state index in [2.05, 4.69) is 10.6 Å². The molecule has 2 aromatic carbocycles. The molecule has 7 nitrogen and oxygen atoms in total. The Hall–Kier alpha value is -3.13. The number of esters is 1. The third-order valence-corrected chi connectivity index (χ3v) is 3.89. The van der Waals surface area contributed by atoms with Crippen LogP contribution >= 0.6 is 12.2 Å². The fourth-order valence-corrected chi connectivity index (χ4v) is 2.58. The van der Waals surface area contributed by atoms with Crippen LogP contribution in [0, 0.1) is 6.92 Å². The molecule has 0 fully saturated rings. The van der Waals surface area contributed by atoms with E-state index in [0.29, 0.717) is 22.7 Å². The van der Waals surface area contributed by atoms with Gasteiger partial charge in [-0.25, -0.2) is 4.79 Å². The normalized spacial score (nSPS) is 9.93. The second-order valence-electron chi connectivity index (χ2n) is 5.52. The molecule has 0 radical (unpaired) electrons. The van der Waals surface area contributed by atoms with Crippen molar-refractivity contribution in [1.82, 2.24) is 5.32 Å². The van der Waals surface area contributed by atoms with Crippen LogP contribution < -0.4 is 20.1 Å². The SMILES string of the molecule is COC(=O)c1cc(OC)c(OC)cc1NC(=S)NC(=O)c1cccc(C)c1. The van der Waals surface area contributed by atoms with E-state index >= 15 is 0 Å². The number of amides is 1. The summed E-state index contributed by atoms with van der Waals surface area (Å²) in [4.78, 5) is 24.4. The molecule has 0 aliphatic rings. The maximum Gasteiger partial charge on any atom is 0.340 e. The first-order valence-electron chi connectivity index (χ1n) is 7.93. The van der Waals surface area contributed by atoms with Crippen molar-refractivity contribution in [3.63, 3.8) is 0 Å². The molecule has 2 aromatic rings. The van der Waals surface area contributed by atoms with E-state index in [1.54, 1.807) is 18.2 Å². The highest BCUT2D eigenvalue weighted by Crippen LogP contribution is 2.33. The van der Waals surface area contributed by atoms with Gasteiger partial charge >= 0.3 is 5.97 Å². The molecule has 2 rings (SSSR count). The van der Waals surface area contributed by atoms with Crippen molar-refractivity contribution >= 4 is 34.9 Å². The van der Waals surface area contributed by atoms with Gasteiger partial charge in [-0.2, -0.15) is 0 Å². The molecule has 0 aliphatic heterocycles. The lowest BCUT2D eigenvalue weighted by atomic mass is 10.1. The zero-order valence-electron chi connectivity index (χ0n) is 15.4. The van der Waals surface area contributed by atoms with Crippen molar-refractivity contribution in [3.8, 4) is 11.5 Å². The van der Waals surface area contributed by atoms with Crippen molar-refractivity contribution in [2.24, 2.45) is 0 Å². The largest absolute Gasteiger partial charge is 0.493 e. The molecule has 0 heterocycles. The molecule has 2 N–H and O–H groups in total. The third-order valence-electron chi connectivity index (χ3n) is 3.68. The average molecular weight is 388 g/mol. The average Bonchev–Trinajstić information content (AvgIpc) is 2.66. The molecule has 0 saturated heterocycles. The van der Waals surface area contributed by atoms with Crippen molar-refractivity contribution in [3.05, 3.63) is 53.1 Å². The van der Waals surface area contributed by atoms with Gasteiger partial charge in [0.15, 0.2) is 16.6 Å². The number of nitrogens with one attached hydrogen (secondary N) is 2. The van der Waals surface area contributed by atoms with Crippen LogP contribution in [-0.2, 0) is 4.74 Å². The fourth-order valence-electron chi connectivity index (χ4n) is 2.38. The summed E-state index contributed by atoms with van der Waals surface area (Å²) in [5.74, 6) is -0.207. The number of benzene rings is 2. The predicted octanol–water partition coefficient (Wildman–Crippen LogP) is 2.93. The maximum atomic E-state index is 12.3. The van der Waals surface area contributed by atoms with Gasteiger partial charge in [0.1, 0.15) is 0 Å². The minimum Gasteiger partial charge on any atom is -0.493 e. The Labute approximate surface area is 162 Å². The fraction of sp³-hybridized carbons (Fsp3) is 0.211. The van der Waals surface area contributed by atoms with Crippen molar-refractivity contribution in [2.75, 3.05) is 26.6 Å². The summed E-state index contributed by atoms with van der Waals surface area (Å²) in [7, 11) is 4.19. The first kappa shape index (κ1) is 20.2. The zero-order chi connectivity index (χ0) is 20.0. The number of carbonyl (C=O) groups is 2. The molecule has 27 heavy (non-hydrogen) atoms. The van der Waals surface area contributed by atoms with Crippen LogP contribution in [0.2, 0.25) is 0 Å². The van der Waals surface area contributed by atoms with Crippen LogP contribution in [0.25, 0.3) is 0 Å². The second-order valence-corrected chi connectivity index (χ2v) is 5.93. The molecule has 0 aromatic heterocycles. The monoisotopic (exact) mass is 388 g/mol. The third kappa shape index (κ3) is 4.95. The highest BCUT2D eigenvalue weighted by molar-refractivity contribution is 7.80. The topological polar surface area (TPSA) is 85.9 Å². The van der Waals surface area contributed by atoms with E-state index in [1.807, 2.05) is 13.0 Å². The lowest BCUT2D eigenvalue weighted by Gasteiger charge is -2.16. The number of rotatable bonds is 5. The van der Waals surface area contributed by atoms with E-state index in [4.69, 9.17) is 26.4 Å². The highest BCUT2D eigenvalue weighted by Gasteiger charge is 2.19. The van der Waals surface area contributed by atoms with Crippen molar-refractivity contribution < 1.29 is 23.8 Å². The van der Waals surface area contributed by atoms with Gasteiger partial charge in [0.25, 0.3) is 5.91 Å². The number of hydrogen-bond acceptors (Lipinski definition) is 6. The van der Waals surface area contributed by atoms with Gasteiger partial charge in [0, 0.05) is 17.7 Å². The van der Waals surface area contributed by atoms with E-state index in [1.165, 1.54) is 33.5 Å². The summed E-state index contributed by atoms with van der Waals surface area (Å²) in [5, 5.41) is 5.44. The predicted molar refractivity (Wildman–Crippen MR) is 106 cm³/mol. The van der Waals surface area contributed by atoms with E-state index in [-0.39, 0.29) is 16.6 Å². The summed E-state index contributed by atoms with van der Waals surface area (Å²) in [6, 6.07) is 10.1. The summed E-state index contributed by atoms with van der Waals surface area (Å²) < 4.78 is 15.2. The Kier molecular flexibility index (Phi) is 6.73. The number of carbonyl (C=O) groups excluding carboxylic acids is 2. The van der Waals surface area contributed by atoms with Gasteiger partial charge in [-0.15, -0.1) is 0 Å². The number of aryl methyl sites for hydroxylation is 1. The summed E-state index contributed by atoms with van der Waals surface area (Å²) >= 11 is 5.20. The van der Waals surface area contributed by atoms with Crippen molar-refractivity contribution in [2.45, 2.75) is 6.92 Å². The minimum atomic E-state index is -0.591. The van der Waals surface area contributed by atoms with E-state index in [0.717, 1.165) is 5.56 Å². The standard InChI is InChI=1S/C19H20N2O5S/c1-11-6-5-7-12(8-11)17(22)21-19(27)20-14-10-16(25-3)15(24-2)9-13(14)18(23)26-4/h5-10H,1-4H3,(H2,20,21,22,27). The van der Waals surface area contributed by atoms with Gasteiger partial charge < -0.3 is 19.5 Å². The molecule has 0 saturated carbocycles. The molecule has 1 amide bonds. The number of ether oxygens (including phenoxy) is 3. The smallest absolute Gasteiger partial charge is 0.340 e. The van der Waals surface area contributed by atoms with Crippen LogP contribution in [0.15, 0.2) is 36.4 Å². The summed E-state index contributed by atoms with van der Waals surface area (Å²) in [5.41, 5.74) is 1.92. The Morgan fingerprint density at radius 3 is 2.26 bits per heavy atom. The molecule has 0 aliphatic carbocycles. The number of anilines is 1. The van der Waals surface area contributed by atoms with Crippen LogP contribution in [-0.4, -0.2) is 38.3 Å². The van der Waals surface area contributed by atoms with E-state index in [9.17, 15) is 9.59 Å². The first-order chi connectivity index (χ1) is 12.9. The number of thiocarbonyl (C=S) groups is 1. The van der Waals surface area contributed by atoms with Crippen LogP contribution in [0.4, 0.5) is 5.69 Å². The zero-order valence-corrected chi connectivity index (χ0v) is 16.2.